The van der Waals surface area contributed by atoms with Gasteiger partial charge in [-0.15, -0.1) is 0 Å². The Morgan fingerprint density at radius 1 is 1.45 bits per heavy atom. The van der Waals surface area contributed by atoms with Crippen molar-refractivity contribution in [3.05, 3.63) is 28.8 Å². The largest absolute Gasteiger partial charge is 0.481 e. The van der Waals surface area contributed by atoms with Crippen molar-refractivity contribution in [3.8, 4) is 0 Å². The van der Waals surface area contributed by atoms with Crippen LogP contribution in [0.4, 0.5) is 4.79 Å². The Balaban J connectivity index is 2.18. The molecule has 120 valence electrons. The lowest BCUT2D eigenvalue weighted by molar-refractivity contribution is -0.136. The Kier molecular flexibility index (Phi) is 4.62. The summed E-state index contributed by atoms with van der Waals surface area (Å²) in [5.41, 5.74) is 0.475. The number of carboxylic acid groups (broad SMARTS) is 1. The highest BCUT2D eigenvalue weighted by molar-refractivity contribution is 7.91. The Morgan fingerprint density at radius 2 is 2.14 bits per heavy atom. The summed E-state index contributed by atoms with van der Waals surface area (Å²) < 4.78 is 24.3. The summed E-state index contributed by atoms with van der Waals surface area (Å²) >= 11 is 5.91. The molecular weight excluding hydrogens is 332 g/mol. The number of rotatable bonds is 4. The van der Waals surface area contributed by atoms with Crippen LogP contribution in [0.25, 0.3) is 0 Å². The second-order valence-corrected chi connectivity index (χ2v) is 7.41. The van der Waals surface area contributed by atoms with Gasteiger partial charge in [0, 0.05) is 18.6 Å². The molecule has 22 heavy (non-hydrogen) atoms. The van der Waals surface area contributed by atoms with E-state index in [1.165, 1.54) is 30.1 Å². The average molecular weight is 347 g/mol. The zero-order valence-corrected chi connectivity index (χ0v) is 13.3. The minimum atomic E-state index is -3.46. The van der Waals surface area contributed by atoms with E-state index >= 15 is 0 Å². The highest BCUT2D eigenvalue weighted by atomic mass is 35.5. The van der Waals surface area contributed by atoms with Gasteiger partial charge in [0.25, 0.3) is 0 Å². The molecule has 9 heteroatoms. The summed E-state index contributed by atoms with van der Waals surface area (Å²) in [6.07, 6.45) is -0.203. The molecule has 1 aromatic rings. The number of carbonyl (C=O) groups is 2. The number of carbonyl (C=O) groups excluding carboxylic acids is 1. The molecule has 1 unspecified atom stereocenters. The summed E-state index contributed by atoms with van der Waals surface area (Å²) in [6, 6.07) is 3.28. The van der Waals surface area contributed by atoms with Gasteiger partial charge < -0.3 is 15.3 Å². The van der Waals surface area contributed by atoms with Crippen LogP contribution in [0.1, 0.15) is 18.0 Å². The molecule has 0 saturated heterocycles. The van der Waals surface area contributed by atoms with Crippen LogP contribution in [-0.2, 0) is 14.6 Å². The monoisotopic (exact) mass is 346 g/mol. The first-order chi connectivity index (χ1) is 10.2. The fourth-order valence-corrected chi connectivity index (χ4v) is 4.32. The SMILES string of the molecule is CN(C(=O)NCCC(=O)O)C1CS(=O)(=O)c2ccc(Cl)cc21. The minimum absolute atomic E-state index is 0.0274. The predicted octanol–water partition coefficient (Wildman–Crippen LogP) is 1.28. The van der Waals surface area contributed by atoms with Crippen molar-refractivity contribution >= 4 is 33.4 Å². The van der Waals surface area contributed by atoms with Crippen LogP contribution in [0, 0.1) is 0 Å². The molecule has 2 amide bonds. The molecule has 0 aromatic heterocycles. The summed E-state index contributed by atoms with van der Waals surface area (Å²) in [5.74, 6) is -1.24. The number of hydrogen-bond acceptors (Lipinski definition) is 4. The van der Waals surface area contributed by atoms with Gasteiger partial charge in [0.15, 0.2) is 9.84 Å². The van der Waals surface area contributed by atoms with Gasteiger partial charge in [-0.05, 0) is 23.8 Å². The van der Waals surface area contributed by atoms with Gasteiger partial charge in [0.2, 0.25) is 0 Å². The molecule has 7 nitrogen and oxygen atoms in total. The van der Waals surface area contributed by atoms with E-state index in [2.05, 4.69) is 5.32 Å². The normalized spacial score (nSPS) is 18.5. The quantitative estimate of drug-likeness (QED) is 0.854. The van der Waals surface area contributed by atoms with Gasteiger partial charge in [-0.1, -0.05) is 11.6 Å². The van der Waals surface area contributed by atoms with Crippen molar-refractivity contribution < 1.29 is 23.1 Å². The number of carboxylic acids is 1. The van der Waals surface area contributed by atoms with Crippen molar-refractivity contribution in [2.75, 3.05) is 19.3 Å². The van der Waals surface area contributed by atoms with E-state index < -0.39 is 27.9 Å². The zero-order valence-electron chi connectivity index (χ0n) is 11.7. The van der Waals surface area contributed by atoms with Crippen molar-refractivity contribution in [2.24, 2.45) is 0 Å². The number of fused-ring (bicyclic) bond motifs is 1. The average Bonchev–Trinajstić information content (AvgIpc) is 2.68. The predicted molar refractivity (Wildman–Crippen MR) is 79.7 cm³/mol. The number of benzene rings is 1. The van der Waals surface area contributed by atoms with Crippen LogP contribution >= 0.6 is 11.6 Å². The third-order valence-electron chi connectivity index (χ3n) is 3.45. The summed E-state index contributed by atoms with van der Waals surface area (Å²) in [7, 11) is -1.99. The van der Waals surface area contributed by atoms with Crippen LogP contribution in [0.2, 0.25) is 5.02 Å². The zero-order chi connectivity index (χ0) is 16.5. The maximum atomic E-state index is 12.1. The van der Waals surface area contributed by atoms with Gasteiger partial charge in [-0.2, -0.15) is 0 Å². The van der Waals surface area contributed by atoms with Gasteiger partial charge in [-0.3, -0.25) is 4.79 Å². The highest BCUT2D eigenvalue weighted by Crippen LogP contribution is 2.37. The molecule has 2 rings (SSSR count). The molecule has 1 aliphatic rings. The first kappa shape index (κ1) is 16.6. The van der Waals surface area contributed by atoms with Crippen molar-refractivity contribution in [1.29, 1.82) is 0 Å². The Bertz CT molecular complexity index is 719. The number of nitrogens with one attached hydrogen (secondary N) is 1. The number of halogens is 1. The number of amides is 2. The summed E-state index contributed by atoms with van der Waals surface area (Å²) in [4.78, 5) is 23.9. The van der Waals surface area contributed by atoms with E-state index in [9.17, 15) is 18.0 Å². The second kappa shape index (κ2) is 6.13. The molecule has 1 heterocycles. The molecule has 0 aliphatic carbocycles. The molecule has 0 bridgehead atoms. The van der Waals surface area contributed by atoms with E-state index in [0.717, 1.165) is 0 Å². The molecule has 2 N–H and O–H groups in total. The number of nitrogens with zero attached hydrogens (tertiary/aromatic N) is 1. The van der Waals surface area contributed by atoms with Gasteiger partial charge >= 0.3 is 12.0 Å². The van der Waals surface area contributed by atoms with Gasteiger partial charge in [-0.25, -0.2) is 13.2 Å². The molecule has 1 atom stereocenters. The van der Waals surface area contributed by atoms with Crippen LogP contribution in [0.3, 0.4) is 0 Å². The second-order valence-electron chi connectivity index (χ2n) is 4.97. The van der Waals surface area contributed by atoms with E-state index in [0.29, 0.717) is 10.6 Å². The lowest BCUT2D eigenvalue weighted by Gasteiger charge is -2.24. The standard InChI is InChI=1S/C13H15ClN2O5S/c1-16(13(19)15-5-4-12(17)18)10-7-22(20,21)11-3-2-8(14)6-9(10)11/h2-3,6,10H,4-5,7H2,1H3,(H,15,19)(H,17,18). The van der Waals surface area contributed by atoms with E-state index in [1.54, 1.807) is 0 Å². The van der Waals surface area contributed by atoms with Gasteiger partial charge in [0.05, 0.1) is 23.1 Å². The molecule has 1 aliphatic heterocycles. The Hall–Kier alpha value is -1.80. The maximum absolute atomic E-state index is 12.1. The lowest BCUT2D eigenvalue weighted by Crippen LogP contribution is -2.41. The minimum Gasteiger partial charge on any atom is -0.481 e. The van der Waals surface area contributed by atoms with Crippen LogP contribution < -0.4 is 5.32 Å². The fourth-order valence-electron chi connectivity index (χ4n) is 2.31. The molecule has 0 spiro atoms. The summed E-state index contributed by atoms with van der Waals surface area (Å²) in [5, 5.41) is 11.4. The number of hydrogen-bond donors (Lipinski definition) is 2. The van der Waals surface area contributed by atoms with E-state index in [-0.39, 0.29) is 23.6 Å². The molecule has 1 aromatic carbocycles. The third-order valence-corrected chi connectivity index (χ3v) is 5.48. The molecule has 0 saturated carbocycles. The Labute approximate surface area is 132 Å². The van der Waals surface area contributed by atoms with Crippen LogP contribution in [-0.4, -0.2) is 49.8 Å². The van der Waals surface area contributed by atoms with Crippen molar-refractivity contribution in [1.82, 2.24) is 10.2 Å². The topological polar surface area (TPSA) is 104 Å². The number of aliphatic carboxylic acids is 1. The molecular formula is C13H15ClN2O5S. The number of urea groups is 1. The Morgan fingerprint density at radius 3 is 2.77 bits per heavy atom. The van der Waals surface area contributed by atoms with E-state index in [4.69, 9.17) is 16.7 Å². The van der Waals surface area contributed by atoms with E-state index in [1.807, 2.05) is 0 Å². The molecule has 0 fully saturated rings. The summed E-state index contributed by atoms with van der Waals surface area (Å²) in [6.45, 7) is -0.0274. The molecule has 0 radical (unpaired) electrons. The van der Waals surface area contributed by atoms with Crippen LogP contribution in [0.5, 0.6) is 0 Å². The first-order valence-corrected chi connectivity index (χ1v) is 8.50. The number of sulfone groups is 1. The lowest BCUT2D eigenvalue weighted by atomic mass is 10.1. The van der Waals surface area contributed by atoms with Crippen LogP contribution in [0.15, 0.2) is 23.1 Å². The van der Waals surface area contributed by atoms with Crippen molar-refractivity contribution in [2.45, 2.75) is 17.4 Å². The van der Waals surface area contributed by atoms with Gasteiger partial charge in [0.1, 0.15) is 0 Å². The van der Waals surface area contributed by atoms with Crippen molar-refractivity contribution in [3.63, 3.8) is 0 Å². The highest BCUT2D eigenvalue weighted by Gasteiger charge is 2.38. The smallest absolute Gasteiger partial charge is 0.317 e. The maximum Gasteiger partial charge on any atom is 0.317 e. The third kappa shape index (κ3) is 3.33. The fraction of sp³-hybridized carbons (Fsp3) is 0.385. The first-order valence-electron chi connectivity index (χ1n) is 6.47.